The molecule has 2 nitrogen and oxygen atoms in total. The van der Waals surface area contributed by atoms with E-state index in [-0.39, 0.29) is 5.92 Å². The van der Waals surface area contributed by atoms with E-state index in [4.69, 9.17) is 0 Å². The molecule has 0 radical (unpaired) electrons. The van der Waals surface area contributed by atoms with Crippen molar-refractivity contribution in [2.24, 2.45) is 11.8 Å². The summed E-state index contributed by atoms with van der Waals surface area (Å²) in [7, 11) is 0. The zero-order valence-electron chi connectivity index (χ0n) is 8.44. The van der Waals surface area contributed by atoms with Gasteiger partial charge in [0, 0.05) is 24.2 Å². The van der Waals surface area contributed by atoms with Crippen molar-refractivity contribution < 1.29 is 4.79 Å². The number of pyridine rings is 1. The van der Waals surface area contributed by atoms with Crippen LogP contribution in [0.15, 0.2) is 24.4 Å². The maximum absolute atomic E-state index is 11.4. The molecule has 1 fully saturated rings. The molecule has 1 heterocycles. The molecule has 2 atom stereocenters. The first kappa shape index (κ1) is 9.38. The number of aromatic nitrogens is 1. The second kappa shape index (κ2) is 3.91. The molecule has 1 aliphatic rings. The number of ketones is 1. The third kappa shape index (κ3) is 1.84. The summed E-state index contributed by atoms with van der Waals surface area (Å²) < 4.78 is 0. The molecule has 1 aromatic heterocycles. The summed E-state index contributed by atoms with van der Waals surface area (Å²) in [6.07, 6.45) is 4.57. The Morgan fingerprint density at radius 2 is 2.36 bits per heavy atom. The van der Waals surface area contributed by atoms with Crippen molar-refractivity contribution >= 4 is 5.78 Å². The van der Waals surface area contributed by atoms with Gasteiger partial charge in [0.1, 0.15) is 5.78 Å². The average Bonchev–Trinajstić information content (AvgIpc) is 2.52. The van der Waals surface area contributed by atoms with Crippen LogP contribution in [0.25, 0.3) is 0 Å². The predicted molar refractivity (Wildman–Crippen MR) is 54.8 cm³/mol. The summed E-state index contributed by atoms with van der Waals surface area (Å²) in [5.41, 5.74) is 1.11. The fourth-order valence-corrected chi connectivity index (χ4v) is 2.13. The van der Waals surface area contributed by atoms with Gasteiger partial charge in [-0.3, -0.25) is 9.78 Å². The van der Waals surface area contributed by atoms with E-state index in [1.807, 2.05) is 31.3 Å². The Labute approximate surface area is 84.4 Å². The lowest BCUT2D eigenvalue weighted by molar-refractivity contribution is -0.120. The third-order valence-electron chi connectivity index (χ3n) is 3.17. The van der Waals surface area contributed by atoms with Crippen molar-refractivity contribution in [2.75, 3.05) is 0 Å². The van der Waals surface area contributed by atoms with Gasteiger partial charge in [0.2, 0.25) is 0 Å². The summed E-state index contributed by atoms with van der Waals surface area (Å²) in [5, 5.41) is 0. The maximum atomic E-state index is 11.4. The normalized spacial score (nSPS) is 26.8. The lowest BCUT2D eigenvalue weighted by atomic mass is 9.93. The van der Waals surface area contributed by atoms with E-state index in [0.29, 0.717) is 11.7 Å². The van der Waals surface area contributed by atoms with Gasteiger partial charge < -0.3 is 0 Å². The highest BCUT2D eigenvalue weighted by atomic mass is 16.1. The first-order valence-electron chi connectivity index (χ1n) is 5.20. The number of carbonyl (C=O) groups excluding carboxylic acids is 1. The van der Waals surface area contributed by atoms with Crippen LogP contribution in [-0.2, 0) is 11.2 Å². The van der Waals surface area contributed by atoms with Crippen molar-refractivity contribution in [3.8, 4) is 0 Å². The standard InChI is InChI=1S/C12H15NO/c1-9-10(5-6-12(9)14)8-11-4-2-3-7-13-11/h2-4,7,9-10H,5-6,8H2,1H3/t9-,10-/m1/s1. The Morgan fingerprint density at radius 3 is 2.93 bits per heavy atom. The molecule has 0 bridgehead atoms. The Morgan fingerprint density at radius 1 is 1.50 bits per heavy atom. The van der Waals surface area contributed by atoms with Gasteiger partial charge in [0.25, 0.3) is 0 Å². The SMILES string of the molecule is C[C@H]1C(=O)CC[C@@H]1Cc1ccccn1. The van der Waals surface area contributed by atoms with Crippen LogP contribution in [0.5, 0.6) is 0 Å². The number of nitrogens with zero attached hydrogens (tertiary/aromatic N) is 1. The molecule has 14 heavy (non-hydrogen) atoms. The molecule has 0 spiro atoms. The van der Waals surface area contributed by atoms with Gasteiger partial charge in [0.15, 0.2) is 0 Å². The molecule has 2 heteroatoms. The predicted octanol–water partition coefficient (Wildman–Crippen LogP) is 2.24. The minimum atomic E-state index is 0.233. The van der Waals surface area contributed by atoms with Crippen LogP contribution in [0.1, 0.15) is 25.5 Å². The monoisotopic (exact) mass is 189 g/mol. The van der Waals surface area contributed by atoms with Crippen LogP contribution < -0.4 is 0 Å². The van der Waals surface area contributed by atoms with E-state index in [1.165, 1.54) is 0 Å². The third-order valence-corrected chi connectivity index (χ3v) is 3.17. The van der Waals surface area contributed by atoms with Crippen molar-refractivity contribution in [1.82, 2.24) is 4.98 Å². The van der Waals surface area contributed by atoms with Crippen LogP contribution in [0.3, 0.4) is 0 Å². The van der Waals surface area contributed by atoms with Crippen molar-refractivity contribution in [1.29, 1.82) is 0 Å². The zero-order valence-corrected chi connectivity index (χ0v) is 8.44. The molecule has 0 N–H and O–H groups in total. The van der Waals surface area contributed by atoms with E-state index in [0.717, 1.165) is 25.0 Å². The van der Waals surface area contributed by atoms with Crippen LogP contribution in [0, 0.1) is 11.8 Å². The minimum Gasteiger partial charge on any atom is -0.299 e. The molecule has 1 aliphatic carbocycles. The summed E-state index contributed by atoms with van der Waals surface area (Å²) >= 11 is 0. The number of carbonyl (C=O) groups is 1. The molecular formula is C12H15NO. The Kier molecular flexibility index (Phi) is 2.62. The summed E-state index contributed by atoms with van der Waals surface area (Å²) in [5.74, 6) is 1.17. The van der Waals surface area contributed by atoms with Crippen LogP contribution in [0.4, 0.5) is 0 Å². The van der Waals surface area contributed by atoms with Crippen molar-refractivity contribution in [2.45, 2.75) is 26.2 Å². The highest BCUT2D eigenvalue weighted by Gasteiger charge is 2.30. The van der Waals surface area contributed by atoms with E-state index in [2.05, 4.69) is 4.98 Å². The van der Waals surface area contributed by atoms with E-state index >= 15 is 0 Å². The average molecular weight is 189 g/mol. The number of hydrogen-bond donors (Lipinski definition) is 0. The molecule has 0 aliphatic heterocycles. The van der Waals surface area contributed by atoms with Gasteiger partial charge >= 0.3 is 0 Å². The molecule has 1 saturated carbocycles. The van der Waals surface area contributed by atoms with E-state index in [1.54, 1.807) is 0 Å². The Bertz CT molecular complexity index is 320. The van der Waals surface area contributed by atoms with Crippen LogP contribution in [0.2, 0.25) is 0 Å². The first-order valence-corrected chi connectivity index (χ1v) is 5.20. The fourth-order valence-electron chi connectivity index (χ4n) is 2.13. The van der Waals surface area contributed by atoms with Gasteiger partial charge in [-0.05, 0) is 30.9 Å². The fraction of sp³-hybridized carbons (Fsp3) is 0.500. The van der Waals surface area contributed by atoms with E-state index < -0.39 is 0 Å². The molecular weight excluding hydrogens is 174 g/mol. The molecule has 0 amide bonds. The molecule has 0 unspecified atom stereocenters. The minimum absolute atomic E-state index is 0.233. The first-order chi connectivity index (χ1) is 6.77. The van der Waals surface area contributed by atoms with Gasteiger partial charge in [-0.15, -0.1) is 0 Å². The molecule has 1 aromatic rings. The van der Waals surface area contributed by atoms with Crippen molar-refractivity contribution in [3.05, 3.63) is 30.1 Å². The zero-order chi connectivity index (χ0) is 9.97. The quantitative estimate of drug-likeness (QED) is 0.714. The molecule has 0 aromatic carbocycles. The molecule has 2 rings (SSSR count). The van der Waals surface area contributed by atoms with E-state index in [9.17, 15) is 4.79 Å². The number of Topliss-reactive ketones (excluding diaryl/α,β-unsaturated/α-hetero) is 1. The summed E-state index contributed by atoms with van der Waals surface area (Å²) in [6.45, 7) is 2.04. The highest BCUT2D eigenvalue weighted by molar-refractivity contribution is 5.83. The van der Waals surface area contributed by atoms with Crippen LogP contribution >= 0.6 is 0 Å². The maximum Gasteiger partial charge on any atom is 0.136 e. The second-order valence-electron chi connectivity index (χ2n) is 4.08. The summed E-state index contributed by atoms with van der Waals surface area (Å²) in [6, 6.07) is 5.96. The van der Waals surface area contributed by atoms with Gasteiger partial charge in [0.05, 0.1) is 0 Å². The topological polar surface area (TPSA) is 30.0 Å². The summed E-state index contributed by atoms with van der Waals surface area (Å²) in [4.78, 5) is 15.6. The molecule has 74 valence electrons. The van der Waals surface area contributed by atoms with Crippen LogP contribution in [-0.4, -0.2) is 10.8 Å². The Balaban J connectivity index is 2.02. The number of hydrogen-bond acceptors (Lipinski definition) is 2. The largest absolute Gasteiger partial charge is 0.299 e. The van der Waals surface area contributed by atoms with Gasteiger partial charge in [-0.25, -0.2) is 0 Å². The molecule has 0 saturated heterocycles. The number of rotatable bonds is 2. The second-order valence-corrected chi connectivity index (χ2v) is 4.08. The van der Waals surface area contributed by atoms with Gasteiger partial charge in [-0.1, -0.05) is 13.0 Å². The lowest BCUT2D eigenvalue weighted by Crippen LogP contribution is -2.13. The van der Waals surface area contributed by atoms with Crippen molar-refractivity contribution in [3.63, 3.8) is 0 Å². The smallest absolute Gasteiger partial charge is 0.136 e. The van der Waals surface area contributed by atoms with Gasteiger partial charge in [-0.2, -0.15) is 0 Å². The Hall–Kier alpha value is -1.18. The highest BCUT2D eigenvalue weighted by Crippen LogP contribution is 2.30. The lowest BCUT2D eigenvalue weighted by Gasteiger charge is -2.12.